The van der Waals surface area contributed by atoms with Gasteiger partial charge in [-0.05, 0) is 55.2 Å². The Hall–Kier alpha value is -1.60. The molecule has 1 atom stereocenters. The van der Waals surface area contributed by atoms with Crippen LogP contribution in [0.2, 0.25) is 0 Å². The Morgan fingerprint density at radius 2 is 1.67 bits per heavy atom. The summed E-state index contributed by atoms with van der Waals surface area (Å²) in [6.07, 6.45) is 8.20. The zero-order valence-electron chi connectivity index (χ0n) is 12.7. The van der Waals surface area contributed by atoms with Crippen molar-refractivity contribution in [2.24, 2.45) is 5.73 Å². The van der Waals surface area contributed by atoms with E-state index in [4.69, 9.17) is 5.73 Å². The van der Waals surface area contributed by atoms with E-state index in [0.717, 1.165) is 25.7 Å². The molecule has 1 nitrogen and oxygen atoms in total. The maximum absolute atomic E-state index is 6.83. The van der Waals surface area contributed by atoms with Crippen molar-refractivity contribution in [3.8, 4) is 0 Å². The van der Waals surface area contributed by atoms with Crippen molar-refractivity contribution >= 4 is 0 Å². The van der Waals surface area contributed by atoms with E-state index < -0.39 is 0 Å². The smallest absolute Gasteiger partial charge is 0.0412 e. The topological polar surface area (TPSA) is 26.0 Å². The molecule has 0 bridgehead atoms. The average molecular weight is 279 g/mol. The third kappa shape index (κ3) is 3.36. The minimum atomic E-state index is -0.123. The number of aryl methyl sites for hydroxylation is 2. The molecular formula is C20H25N. The molecule has 1 unspecified atom stereocenters. The molecule has 110 valence electrons. The van der Waals surface area contributed by atoms with Gasteiger partial charge in [0.25, 0.3) is 0 Å². The van der Waals surface area contributed by atoms with E-state index in [-0.39, 0.29) is 5.54 Å². The van der Waals surface area contributed by atoms with Crippen LogP contribution < -0.4 is 5.73 Å². The molecule has 1 heteroatoms. The number of benzene rings is 2. The van der Waals surface area contributed by atoms with Crippen LogP contribution in [0.15, 0.2) is 54.6 Å². The summed E-state index contributed by atoms with van der Waals surface area (Å²) in [4.78, 5) is 0. The first-order chi connectivity index (χ1) is 10.3. The third-order valence-electron chi connectivity index (χ3n) is 4.80. The fourth-order valence-corrected chi connectivity index (χ4v) is 3.63. The van der Waals surface area contributed by atoms with Crippen molar-refractivity contribution in [2.75, 3.05) is 0 Å². The van der Waals surface area contributed by atoms with Gasteiger partial charge in [0.05, 0.1) is 0 Å². The lowest BCUT2D eigenvalue weighted by Crippen LogP contribution is -2.37. The number of nitrogens with two attached hydrogens (primary N) is 1. The molecular weight excluding hydrogens is 254 g/mol. The van der Waals surface area contributed by atoms with Crippen LogP contribution in [0.1, 0.15) is 48.8 Å². The van der Waals surface area contributed by atoms with Gasteiger partial charge in [-0.25, -0.2) is 0 Å². The molecule has 0 aliphatic heterocycles. The lowest BCUT2D eigenvalue weighted by molar-refractivity contribution is 0.362. The summed E-state index contributed by atoms with van der Waals surface area (Å²) in [5, 5.41) is 0. The highest BCUT2D eigenvalue weighted by Crippen LogP contribution is 2.35. The second-order valence-corrected chi connectivity index (χ2v) is 6.36. The molecule has 2 N–H and O–H groups in total. The summed E-state index contributed by atoms with van der Waals surface area (Å²) in [5.41, 5.74) is 11.0. The van der Waals surface area contributed by atoms with Gasteiger partial charge in [-0.15, -0.1) is 0 Å². The van der Waals surface area contributed by atoms with Crippen molar-refractivity contribution in [1.82, 2.24) is 0 Å². The highest BCUT2D eigenvalue weighted by molar-refractivity contribution is 5.34. The summed E-state index contributed by atoms with van der Waals surface area (Å²) >= 11 is 0. The Bertz CT molecular complexity index is 575. The Labute approximate surface area is 128 Å². The monoisotopic (exact) mass is 279 g/mol. The van der Waals surface area contributed by atoms with Crippen molar-refractivity contribution < 1.29 is 0 Å². The minimum Gasteiger partial charge on any atom is -0.321 e. The van der Waals surface area contributed by atoms with Gasteiger partial charge >= 0.3 is 0 Å². The van der Waals surface area contributed by atoms with Crippen LogP contribution in [-0.2, 0) is 18.4 Å². The molecule has 2 aromatic carbocycles. The Morgan fingerprint density at radius 3 is 2.52 bits per heavy atom. The standard InChI is InChI=1S/C20H25N/c21-20(16-8-11-17-9-2-1-3-10-17)15-7-6-13-18-12-4-5-14-19(18)20/h1-5,9-10,12,14H,6-8,11,13,15-16,21H2. The van der Waals surface area contributed by atoms with Gasteiger partial charge in [0.15, 0.2) is 0 Å². The molecule has 1 aliphatic carbocycles. The first kappa shape index (κ1) is 14.3. The van der Waals surface area contributed by atoms with Gasteiger partial charge in [0.1, 0.15) is 0 Å². The van der Waals surface area contributed by atoms with Gasteiger partial charge in [-0.1, -0.05) is 61.0 Å². The van der Waals surface area contributed by atoms with Crippen LogP contribution in [-0.4, -0.2) is 0 Å². The molecule has 0 aromatic heterocycles. The molecule has 0 spiro atoms. The van der Waals surface area contributed by atoms with Crippen LogP contribution in [0.3, 0.4) is 0 Å². The highest BCUT2D eigenvalue weighted by atomic mass is 14.7. The molecule has 0 radical (unpaired) electrons. The number of fused-ring (bicyclic) bond motifs is 1. The van der Waals surface area contributed by atoms with Crippen molar-refractivity contribution in [3.63, 3.8) is 0 Å². The second kappa shape index (κ2) is 6.44. The molecule has 21 heavy (non-hydrogen) atoms. The normalized spacial score (nSPS) is 21.6. The van der Waals surface area contributed by atoms with E-state index in [1.807, 2.05) is 0 Å². The summed E-state index contributed by atoms with van der Waals surface area (Å²) in [7, 11) is 0. The van der Waals surface area contributed by atoms with E-state index in [1.54, 1.807) is 0 Å². The average Bonchev–Trinajstić information content (AvgIpc) is 2.69. The summed E-state index contributed by atoms with van der Waals surface area (Å²) in [6.45, 7) is 0. The molecule has 0 fully saturated rings. The fraction of sp³-hybridized carbons (Fsp3) is 0.400. The highest BCUT2D eigenvalue weighted by Gasteiger charge is 2.30. The third-order valence-corrected chi connectivity index (χ3v) is 4.80. The predicted octanol–water partition coefficient (Wildman–Crippen LogP) is 4.59. The van der Waals surface area contributed by atoms with Gasteiger partial charge in [0.2, 0.25) is 0 Å². The van der Waals surface area contributed by atoms with Crippen LogP contribution in [0, 0.1) is 0 Å². The largest absolute Gasteiger partial charge is 0.321 e. The molecule has 0 saturated heterocycles. The zero-order valence-corrected chi connectivity index (χ0v) is 12.7. The lowest BCUT2D eigenvalue weighted by atomic mass is 9.81. The van der Waals surface area contributed by atoms with Crippen LogP contribution in [0.5, 0.6) is 0 Å². The Balaban J connectivity index is 1.71. The Kier molecular flexibility index (Phi) is 4.40. The molecule has 3 rings (SSSR count). The number of rotatable bonds is 4. The van der Waals surface area contributed by atoms with Gasteiger partial charge in [-0.3, -0.25) is 0 Å². The first-order valence-electron chi connectivity index (χ1n) is 8.19. The van der Waals surface area contributed by atoms with Crippen molar-refractivity contribution in [1.29, 1.82) is 0 Å². The van der Waals surface area contributed by atoms with Crippen LogP contribution >= 0.6 is 0 Å². The van der Waals surface area contributed by atoms with Gasteiger partial charge < -0.3 is 5.73 Å². The molecule has 2 aromatic rings. The van der Waals surface area contributed by atoms with Gasteiger partial charge in [-0.2, -0.15) is 0 Å². The van der Waals surface area contributed by atoms with Crippen molar-refractivity contribution in [2.45, 2.75) is 50.5 Å². The number of hydrogen-bond acceptors (Lipinski definition) is 1. The summed E-state index contributed by atoms with van der Waals surface area (Å²) in [6, 6.07) is 19.5. The quantitative estimate of drug-likeness (QED) is 0.814. The van der Waals surface area contributed by atoms with E-state index in [9.17, 15) is 0 Å². The zero-order chi connectivity index (χ0) is 14.5. The fourth-order valence-electron chi connectivity index (χ4n) is 3.63. The SMILES string of the molecule is NC1(CCCc2ccccc2)CCCCc2ccccc21. The molecule has 0 amide bonds. The molecule has 1 aliphatic rings. The van der Waals surface area contributed by atoms with E-state index in [0.29, 0.717) is 0 Å². The summed E-state index contributed by atoms with van der Waals surface area (Å²) in [5.74, 6) is 0. The lowest BCUT2D eigenvalue weighted by Gasteiger charge is -2.30. The van der Waals surface area contributed by atoms with E-state index in [1.165, 1.54) is 36.0 Å². The van der Waals surface area contributed by atoms with Crippen molar-refractivity contribution in [3.05, 3.63) is 71.3 Å². The predicted molar refractivity (Wildman–Crippen MR) is 89.2 cm³/mol. The van der Waals surface area contributed by atoms with Crippen LogP contribution in [0.25, 0.3) is 0 Å². The minimum absolute atomic E-state index is 0.123. The van der Waals surface area contributed by atoms with E-state index >= 15 is 0 Å². The number of hydrogen-bond donors (Lipinski definition) is 1. The Morgan fingerprint density at radius 1 is 0.905 bits per heavy atom. The van der Waals surface area contributed by atoms with Crippen LogP contribution in [0.4, 0.5) is 0 Å². The van der Waals surface area contributed by atoms with E-state index in [2.05, 4.69) is 54.6 Å². The van der Waals surface area contributed by atoms with Gasteiger partial charge in [0, 0.05) is 5.54 Å². The maximum Gasteiger partial charge on any atom is 0.0412 e. The second-order valence-electron chi connectivity index (χ2n) is 6.36. The maximum atomic E-state index is 6.83. The molecule has 0 heterocycles. The first-order valence-corrected chi connectivity index (χ1v) is 8.19. The molecule has 0 saturated carbocycles. The summed E-state index contributed by atoms with van der Waals surface area (Å²) < 4.78 is 0.